The molecule has 0 saturated heterocycles. The Morgan fingerprint density at radius 3 is 3.15 bits per heavy atom. The summed E-state index contributed by atoms with van der Waals surface area (Å²) >= 11 is 1.40. The van der Waals surface area contributed by atoms with Crippen molar-refractivity contribution in [1.29, 1.82) is 0 Å². The molecule has 1 aliphatic carbocycles. The first-order valence-electron chi connectivity index (χ1n) is 4.28. The van der Waals surface area contributed by atoms with Crippen LogP contribution < -0.4 is 5.73 Å². The van der Waals surface area contributed by atoms with Gasteiger partial charge < -0.3 is 5.73 Å². The summed E-state index contributed by atoms with van der Waals surface area (Å²) in [4.78, 5) is 5.06. The highest BCUT2D eigenvalue weighted by Gasteiger charge is 2.33. The van der Waals surface area contributed by atoms with Crippen LogP contribution in [0.25, 0.3) is 0 Å². The predicted octanol–water partition coefficient (Wildman–Crippen LogP) is 1.99. The highest BCUT2D eigenvalue weighted by atomic mass is 32.2. The van der Waals surface area contributed by atoms with Crippen LogP contribution in [0.2, 0.25) is 0 Å². The smallest absolute Gasteiger partial charge is 0.159 e. The molecule has 0 aromatic heterocycles. The number of halogens is 1. The summed E-state index contributed by atoms with van der Waals surface area (Å²) in [6.45, 7) is 2.05. The SMILES string of the molecule is CCC1=C2SC(N)=NC2C(F)C=C1. The Kier molecular flexibility index (Phi) is 2.15. The van der Waals surface area contributed by atoms with Gasteiger partial charge in [-0.05, 0) is 18.1 Å². The monoisotopic (exact) mass is 198 g/mol. The maximum atomic E-state index is 13.3. The molecule has 0 spiro atoms. The lowest BCUT2D eigenvalue weighted by Gasteiger charge is -2.18. The van der Waals surface area contributed by atoms with Gasteiger partial charge in [0, 0.05) is 4.91 Å². The minimum Gasteiger partial charge on any atom is -0.378 e. The Balaban J connectivity index is 2.37. The molecular formula is C9H11FN2S. The number of hydrogen-bond acceptors (Lipinski definition) is 3. The fraction of sp³-hybridized carbons (Fsp3) is 0.444. The second kappa shape index (κ2) is 3.18. The van der Waals surface area contributed by atoms with Crippen molar-refractivity contribution < 1.29 is 4.39 Å². The molecule has 1 aliphatic heterocycles. The third-order valence-corrected chi connectivity index (χ3v) is 3.27. The van der Waals surface area contributed by atoms with E-state index in [2.05, 4.69) is 11.9 Å². The second-order valence-corrected chi connectivity index (χ2v) is 4.12. The average Bonchev–Trinajstić information content (AvgIpc) is 2.48. The molecule has 4 heteroatoms. The lowest BCUT2D eigenvalue weighted by molar-refractivity contribution is 0.367. The van der Waals surface area contributed by atoms with E-state index in [-0.39, 0.29) is 6.04 Å². The normalized spacial score (nSPS) is 32.0. The van der Waals surface area contributed by atoms with E-state index in [1.165, 1.54) is 11.8 Å². The lowest BCUT2D eigenvalue weighted by Crippen LogP contribution is -2.20. The number of nitrogens with zero attached hydrogens (tertiary/aromatic N) is 1. The number of amidine groups is 1. The van der Waals surface area contributed by atoms with Crippen molar-refractivity contribution in [3.63, 3.8) is 0 Å². The molecule has 0 aromatic carbocycles. The number of aliphatic imine (C=N–C) groups is 1. The third-order valence-electron chi connectivity index (χ3n) is 2.23. The molecule has 0 fully saturated rings. The minimum atomic E-state index is -1.00. The summed E-state index contributed by atoms with van der Waals surface area (Å²) in [6.07, 6.45) is 3.32. The fourth-order valence-corrected chi connectivity index (χ4v) is 2.59. The summed E-state index contributed by atoms with van der Waals surface area (Å²) < 4.78 is 13.3. The molecule has 0 amide bonds. The molecule has 2 nitrogen and oxygen atoms in total. The van der Waals surface area contributed by atoms with Crippen molar-refractivity contribution >= 4 is 16.9 Å². The molecule has 2 N–H and O–H groups in total. The van der Waals surface area contributed by atoms with Gasteiger partial charge in [0.15, 0.2) is 5.17 Å². The van der Waals surface area contributed by atoms with Crippen LogP contribution in [0.1, 0.15) is 13.3 Å². The zero-order valence-corrected chi connectivity index (χ0v) is 8.14. The molecule has 0 aromatic rings. The first-order valence-corrected chi connectivity index (χ1v) is 5.10. The average molecular weight is 198 g/mol. The van der Waals surface area contributed by atoms with Crippen LogP contribution >= 0.6 is 11.8 Å². The van der Waals surface area contributed by atoms with Crippen LogP contribution in [0.15, 0.2) is 27.6 Å². The Morgan fingerprint density at radius 2 is 2.46 bits per heavy atom. The maximum absolute atomic E-state index is 13.3. The number of nitrogens with two attached hydrogens (primary N) is 1. The largest absolute Gasteiger partial charge is 0.378 e. The Hall–Kier alpha value is -0.770. The van der Waals surface area contributed by atoms with Crippen molar-refractivity contribution in [2.45, 2.75) is 25.6 Å². The van der Waals surface area contributed by atoms with Gasteiger partial charge in [-0.25, -0.2) is 4.39 Å². The van der Waals surface area contributed by atoms with E-state index in [0.717, 1.165) is 16.9 Å². The zero-order chi connectivity index (χ0) is 9.42. The van der Waals surface area contributed by atoms with Gasteiger partial charge in [0.2, 0.25) is 0 Å². The topological polar surface area (TPSA) is 38.4 Å². The number of hydrogen-bond donors (Lipinski definition) is 1. The molecule has 0 radical (unpaired) electrons. The first kappa shape index (κ1) is 8.81. The van der Waals surface area contributed by atoms with Crippen molar-refractivity contribution in [3.05, 3.63) is 22.6 Å². The number of fused-ring (bicyclic) bond motifs is 1. The van der Waals surface area contributed by atoms with Crippen molar-refractivity contribution in [3.8, 4) is 0 Å². The van der Waals surface area contributed by atoms with Crippen molar-refractivity contribution in [2.24, 2.45) is 10.7 Å². The van der Waals surface area contributed by atoms with Crippen LogP contribution in [0.4, 0.5) is 4.39 Å². The summed E-state index contributed by atoms with van der Waals surface area (Å²) in [5.41, 5.74) is 6.72. The molecule has 2 aliphatic rings. The van der Waals surface area contributed by atoms with Gasteiger partial charge in [-0.3, -0.25) is 4.99 Å². The molecule has 1 heterocycles. The molecule has 2 rings (SSSR count). The van der Waals surface area contributed by atoms with E-state index in [4.69, 9.17) is 5.73 Å². The maximum Gasteiger partial charge on any atom is 0.159 e. The summed E-state index contributed by atoms with van der Waals surface area (Å²) in [7, 11) is 0. The molecule has 0 saturated carbocycles. The standard InChI is InChI=1S/C9H11FN2S/c1-2-5-3-4-6(10)7-8(5)13-9(11)12-7/h3-4,6-7H,2H2,1H3,(H2,11,12). The summed E-state index contributed by atoms with van der Waals surface area (Å²) in [5, 5.41) is 0.484. The molecule has 0 bridgehead atoms. The van der Waals surface area contributed by atoms with E-state index >= 15 is 0 Å². The third kappa shape index (κ3) is 1.39. The minimum absolute atomic E-state index is 0.357. The van der Waals surface area contributed by atoms with E-state index < -0.39 is 6.17 Å². The molecule has 2 atom stereocenters. The van der Waals surface area contributed by atoms with Gasteiger partial charge in [0.1, 0.15) is 12.2 Å². The van der Waals surface area contributed by atoms with Crippen LogP contribution in [-0.2, 0) is 0 Å². The van der Waals surface area contributed by atoms with Crippen molar-refractivity contribution in [2.75, 3.05) is 0 Å². The number of allylic oxidation sites excluding steroid dienone is 2. The molecule has 2 unspecified atom stereocenters. The highest BCUT2D eigenvalue weighted by Crippen LogP contribution is 2.38. The van der Waals surface area contributed by atoms with Gasteiger partial charge in [0.25, 0.3) is 0 Å². The van der Waals surface area contributed by atoms with Gasteiger partial charge in [-0.15, -0.1) is 0 Å². The highest BCUT2D eigenvalue weighted by molar-refractivity contribution is 8.17. The van der Waals surface area contributed by atoms with E-state index in [1.807, 2.05) is 6.08 Å². The van der Waals surface area contributed by atoms with E-state index in [1.54, 1.807) is 6.08 Å². The Labute approximate surface area is 80.8 Å². The predicted molar refractivity (Wildman–Crippen MR) is 54.4 cm³/mol. The van der Waals surface area contributed by atoms with E-state index in [9.17, 15) is 4.39 Å². The van der Waals surface area contributed by atoms with Crippen LogP contribution in [0.3, 0.4) is 0 Å². The first-order chi connectivity index (χ1) is 6.22. The van der Waals surface area contributed by atoms with Crippen LogP contribution in [0.5, 0.6) is 0 Å². The molecule has 70 valence electrons. The molecular weight excluding hydrogens is 187 g/mol. The van der Waals surface area contributed by atoms with Gasteiger partial charge in [-0.1, -0.05) is 24.8 Å². The lowest BCUT2D eigenvalue weighted by atomic mass is 10.00. The van der Waals surface area contributed by atoms with Gasteiger partial charge in [0.05, 0.1) is 0 Å². The summed E-state index contributed by atoms with van der Waals surface area (Å²) in [6, 6.07) is -0.357. The quantitative estimate of drug-likeness (QED) is 0.699. The zero-order valence-electron chi connectivity index (χ0n) is 7.33. The number of rotatable bonds is 1. The Morgan fingerprint density at radius 1 is 1.69 bits per heavy atom. The second-order valence-electron chi connectivity index (χ2n) is 3.06. The van der Waals surface area contributed by atoms with Crippen molar-refractivity contribution in [1.82, 2.24) is 0 Å². The van der Waals surface area contributed by atoms with Gasteiger partial charge >= 0.3 is 0 Å². The van der Waals surface area contributed by atoms with Crippen LogP contribution in [0, 0.1) is 0 Å². The summed E-state index contributed by atoms with van der Waals surface area (Å²) in [5.74, 6) is 0. The van der Waals surface area contributed by atoms with Crippen LogP contribution in [-0.4, -0.2) is 17.4 Å². The fourth-order valence-electron chi connectivity index (χ4n) is 1.55. The van der Waals surface area contributed by atoms with E-state index in [0.29, 0.717) is 5.17 Å². The number of alkyl halides is 1. The molecule has 13 heavy (non-hydrogen) atoms. The van der Waals surface area contributed by atoms with Gasteiger partial charge in [-0.2, -0.15) is 0 Å². The Bertz CT molecular complexity index is 320. The number of thioether (sulfide) groups is 1.